The highest BCUT2D eigenvalue weighted by atomic mass is 16.7. The summed E-state index contributed by atoms with van der Waals surface area (Å²) in [5.41, 5.74) is 0. The van der Waals surface area contributed by atoms with Crippen molar-refractivity contribution in [2.45, 2.75) is 115 Å². The molecule has 7 heteroatoms. The number of unbranched alkanes of at least 4 members (excludes halogenated alkanes) is 6. The summed E-state index contributed by atoms with van der Waals surface area (Å²) in [6, 6.07) is 0. The van der Waals surface area contributed by atoms with Gasteiger partial charge in [-0.15, -0.1) is 0 Å². The summed E-state index contributed by atoms with van der Waals surface area (Å²) in [6.45, 7) is 4.22. The maximum absolute atomic E-state index is 10.8. The fraction of sp³-hybridized carbons (Fsp3) is 0.952. The van der Waals surface area contributed by atoms with Gasteiger partial charge in [-0.1, -0.05) is 51.9 Å². The van der Waals surface area contributed by atoms with Gasteiger partial charge < -0.3 is 29.9 Å². The lowest BCUT2D eigenvalue weighted by Gasteiger charge is -2.36. The van der Waals surface area contributed by atoms with Crippen molar-refractivity contribution in [1.29, 1.82) is 0 Å². The molecule has 0 bridgehead atoms. The smallest absolute Gasteiger partial charge is 0.305 e. The minimum atomic E-state index is -1.02. The fourth-order valence-electron chi connectivity index (χ4n) is 3.65. The van der Waals surface area contributed by atoms with Crippen molar-refractivity contribution in [2.24, 2.45) is 5.92 Å². The van der Waals surface area contributed by atoms with E-state index in [2.05, 4.69) is 6.92 Å². The molecule has 1 aliphatic heterocycles. The number of carboxylic acid groups (broad SMARTS) is 1. The van der Waals surface area contributed by atoms with Crippen LogP contribution in [0.25, 0.3) is 0 Å². The zero-order valence-corrected chi connectivity index (χ0v) is 17.5. The van der Waals surface area contributed by atoms with Gasteiger partial charge >= 0.3 is 5.97 Å². The lowest BCUT2D eigenvalue weighted by Crippen LogP contribution is -2.47. The van der Waals surface area contributed by atoms with Crippen LogP contribution in [0.15, 0.2) is 0 Å². The highest BCUT2D eigenvalue weighted by molar-refractivity contribution is 5.67. The quantitative estimate of drug-likeness (QED) is 0.310. The van der Waals surface area contributed by atoms with Crippen LogP contribution in [0.3, 0.4) is 0 Å². The normalized spacial score (nSPS) is 27.5. The zero-order valence-electron chi connectivity index (χ0n) is 17.5. The molecule has 0 aromatic carbocycles. The second kappa shape index (κ2) is 14.3. The third-order valence-electron chi connectivity index (χ3n) is 5.42. The van der Waals surface area contributed by atoms with Crippen LogP contribution >= 0.6 is 0 Å². The van der Waals surface area contributed by atoms with E-state index in [1.165, 1.54) is 32.1 Å². The van der Waals surface area contributed by atoms with Gasteiger partial charge in [0.25, 0.3) is 0 Å². The van der Waals surface area contributed by atoms with Gasteiger partial charge in [0.15, 0.2) is 6.29 Å². The molecule has 0 aliphatic carbocycles. The Morgan fingerprint density at radius 3 is 2.39 bits per heavy atom. The number of hydrogen-bond acceptors (Lipinski definition) is 6. The average molecular weight is 405 g/mol. The van der Waals surface area contributed by atoms with Crippen LogP contribution in [-0.2, 0) is 14.3 Å². The Bertz CT molecular complexity index is 418. The summed E-state index contributed by atoms with van der Waals surface area (Å²) in [7, 11) is 0. The number of carboxylic acids is 1. The molecule has 1 saturated heterocycles. The lowest BCUT2D eigenvalue weighted by atomic mass is 9.94. The van der Waals surface area contributed by atoms with E-state index in [0.717, 1.165) is 19.3 Å². The van der Waals surface area contributed by atoms with Crippen molar-refractivity contribution < 1.29 is 34.7 Å². The lowest BCUT2D eigenvalue weighted by molar-refractivity contribution is -0.264. The first-order chi connectivity index (χ1) is 13.3. The topological polar surface area (TPSA) is 116 Å². The number of aliphatic carboxylic acids is 1. The number of aliphatic hydroxyl groups is 3. The van der Waals surface area contributed by atoms with Crippen LogP contribution < -0.4 is 0 Å². The number of ether oxygens (including phenoxy) is 2. The van der Waals surface area contributed by atoms with E-state index in [0.29, 0.717) is 6.42 Å². The maximum atomic E-state index is 10.8. The van der Waals surface area contributed by atoms with Crippen LogP contribution in [-0.4, -0.2) is 63.7 Å². The van der Waals surface area contributed by atoms with E-state index in [1.807, 2.05) is 0 Å². The minimum Gasteiger partial charge on any atom is -0.481 e. The predicted molar refractivity (Wildman–Crippen MR) is 106 cm³/mol. The van der Waals surface area contributed by atoms with E-state index in [1.54, 1.807) is 6.92 Å². The summed E-state index contributed by atoms with van der Waals surface area (Å²) < 4.78 is 11.3. The average Bonchev–Trinajstić information content (AvgIpc) is 2.61. The van der Waals surface area contributed by atoms with Crippen molar-refractivity contribution in [3.63, 3.8) is 0 Å². The molecule has 166 valence electrons. The van der Waals surface area contributed by atoms with Crippen molar-refractivity contribution in [3.8, 4) is 0 Å². The Labute approximate surface area is 169 Å². The van der Waals surface area contributed by atoms with Gasteiger partial charge in [-0.25, -0.2) is 0 Å². The molecule has 28 heavy (non-hydrogen) atoms. The van der Waals surface area contributed by atoms with Gasteiger partial charge in [0.2, 0.25) is 0 Å². The van der Waals surface area contributed by atoms with Crippen molar-refractivity contribution in [1.82, 2.24) is 0 Å². The molecule has 3 unspecified atom stereocenters. The monoisotopic (exact) mass is 404 g/mol. The molecule has 0 amide bonds. The summed E-state index contributed by atoms with van der Waals surface area (Å²) in [5.74, 6) is -1.01. The Kier molecular flexibility index (Phi) is 12.9. The van der Waals surface area contributed by atoms with E-state index >= 15 is 0 Å². The van der Waals surface area contributed by atoms with E-state index in [9.17, 15) is 20.1 Å². The molecule has 7 nitrogen and oxygen atoms in total. The maximum Gasteiger partial charge on any atom is 0.305 e. The standard InChI is InChI=1S/C21H40O7/c1-3-4-5-6-7-8-9-10-16(11-17(22)12-20(25)26)14-27-21-19(24)13-18(23)15(2)28-21/h15-19,21-24H,3-14H2,1-2H3,(H,25,26)/t15?,16?,17-,18-,19?,21-/m1/s1. The minimum absolute atomic E-state index is 0.00273. The number of carbonyl (C=O) groups is 1. The fourth-order valence-corrected chi connectivity index (χ4v) is 3.65. The van der Waals surface area contributed by atoms with Crippen LogP contribution in [0.5, 0.6) is 0 Å². The molecule has 0 spiro atoms. The molecule has 4 N–H and O–H groups in total. The summed E-state index contributed by atoms with van der Waals surface area (Å²) >= 11 is 0. The summed E-state index contributed by atoms with van der Waals surface area (Å²) in [6.07, 6.45) is 5.69. The Balaban J connectivity index is 2.42. The van der Waals surface area contributed by atoms with Gasteiger partial charge in [0.1, 0.15) is 6.10 Å². The van der Waals surface area contributed by atoms with Crippen molar-refractivity contribution in [3.05, 3.63) is 0 Å². The van der Waals surface area contributed by atoms with E-state index in [-0.39, 0.29) is 25.4 Å². The second-order valence-corrected chi connectivity index (χ2v) is 8.18. The zero-order chi connectivity index (χ0) is 20.9. The first kappa shape index (κ1) is 25.3. The van der Waals surface area contributed by atoms with Gasteiger partial charge in [-0.05, 0) is 25.7 Å². The van der Waals surface area contributed by atoms with Crippen LogP contribution in [0, 0.1) is 5.92 Å². The Hall–Kier alpha value is -0.730. The predicted octanol–water partition coefficient (Wildman–Crippen LogP) is 2.84. The molecule has 1 fully saturated rings. The number of hydrogen-bond donors (Lipinski definition) is 4. The SMILES string of the molecule is CCCCCCCCCC(CO[C@@H]1OC(C)[C@H](O)CC1O)C[C@@H](O)CC(=O)O. The molecule has 1 aliphatic rings. The molecule has 0 aromatic heterocycles. The van der Waals surface area contributed by atoms with E-state index < -0.39 is 36.7 Å². The summed E-state index contributed by atoms with van der Waals surface area (Å²) in [4.78, 5) is 10.8. The Morgan fingerprint density at radius 2 is 1.75 bits per heavy atom. The van der Waals surface area contributed by atoms with Crippen molar-refractivity contribution >= 4 is 5.97 Å². The molecular weight excluding hydrogens is 364 g/mol. The first-order valence-electron chi connectivity index (χ1n) is 10.9. The Morgan fingerprint density at radius 1 is 1.11 bits per heavy atom. The highest BCUT2D eigenvalue weighted by Gasteiger charge is 2.35. The summed E-state index contributed by atoms with van der Waals surface area (Å²) in [5, 5.41) is 38.7. The van der Waals surface area contributed by atoms with Gasteiger partial charge in [-0.2, -0.15) is 0 Å². The molecule has 0 aromatic rings. The molecular formula is C21H40O7. The second-order valence-electron chi connectivity index (χ2n) is 8.18. The van der Waals surface area contributed by atoms with Crippen LogP contribution in [0.2, 0.25) is 0 Å². The number of aliphatic hydroxyl groups excluding tert-OH is 3. The van der Waals surface area contributed by atoms with Crippen LogP contribution in [0.1, 0.15) is 84.5 Å². The molecule has 1 rings (SSSR count). The third kappa shape index (κ3) is 10.7. The van der Waals surface area contributed by atoms with Crippen molar-refractivity contribution in [2.75, 3.05) is 6.61 Å². The van der Waals surface area contributed by atoms with Crippen LogP contribution in [0.4, 0.5) is 0 Å². The van der Waals surface area contributed by atoms with Gasteiger partial charge in [0, 0.05) is 6.42 Å². The van der Waals surface area contributed by atoms with Gasteiger partial charge in [-0.3, -0.25) is 4.79 Å². The molecule has 0 radical (unpaired) electrons. The third-order valence-corrected chi connectivity index (χ3v) is 5.42. The number of rotatable bonds is 15. The molecule has 6 atom stereocenters. The van der Waals surface area contributed by atoms with E-state index in [4.69, 9.17) is 14.6 Å². The molecule has 0 saturated carbocycles. The first-order valence-corrected chi connectivity index (χ1v) is 10.9. The molecule has 1 heterocycles. The largest absolute Gasteiger partial charge is 0.481 e. The van der Waals surface area contributed by atoms with Gasteiger partial charge in [0.05, 0.1) is 31.3 Å². The highest BCUT2D eigenvalue weighted by Crippen LogP contribution is 2.24.